The van der Waals surface area contributed by atoms with Gasteiger partial charge in [-0.05, 0) is 12.1 Å². The van der Waals surface area contributed by atoms with E-state index in [1.807, 2.05) is 28.5 Å². The summed E-state index contributed by atoms with van der Waals surface area (Å²) >= 11 is 5.13. The molecule has 0 N–H and O–H groups in total. The molecule has 1 aromatic carbocycles. The minimum absolute atomic E-state index is 0.734. The summed E-state index contributed by atoms with van der Waals surface area (Å²) in [5, 5.41) is 8.58. The van der Waals surface area contributed by atoms with Gasteiger partial charge in [-0.1, -0.05) is 22.0 Å². The highest BCUT2D eigenvalue weighted by molar-refractivity contribution is 9.10. The van der Waals surface area contributed by atoms with Crippen LogP contribution in [-0.2, 0) is 6.54 Å². The third kappa shape index (κ3) is 1.76. The van der Waals surface area contributed by atoms with Crippen LogP contribution in [0.25, 0.3) is 10.9 Å². The van der Waals surface area contributed by atoms with E-state index in [2.05, 4.69) is 38.1 Å². The Hall–Kier alpha value is -1.20. The minimum atomic E-state index is 0.734. The van der Waals surface area contributed by atoms with E-state index >= 15 is 0 Å². The lowest BCUT2D eigenvalue weighted by Crippen LogP contribution is -2.00. The quantitative estimate of drug-likeness (QED) is 0.726. The molecule has 5 heteroatoms. The number of nitrogens with zero attached hydrogens (tertiary/aromatic N) is 3. The molecule has 0 aliphatic heterocycles. The average molecular weight is 294 g/mol. The van der Waals surface area contributed by atoms with Gasteiger partial charge in [0.05, 0.1) is 18.3 Å². The van der Waals surface area contributed by atoms with Gasteiger partial charge in [-0.2, -0.15) is 5.10 Å². The van der Waals surface area contributed by atoms with E-state index in [-0.39, 0.29) is 0 Å². The molecule has 0 bridgehead atoms. The van der Waals surface area contributed by atoms with Gasteiger partial charge in [0.15, 0.2) is 0 Å². The van der Waals surface area contributed by atoms with Crippen molar-refractivity contribution in [3.8, 4) is 0 Å². The van der Waals surface area contributed by atoms with Crippen LogP contribution in [0.3, 0.4) is 0 Å². The van der Waals surface area contributed by atoms with Gasteiger partial charge in [0, 0.05) is 21.4 Å². The van der Waals surface area contributed by atoms with Crippen molar-refractivity contribution in [1.29, 1.82) is 0 Å². The molecule has 0 unspecified atom stereocenters. The van der Waals surface area contributed by atoms with Crippen LogP contribution in [0.2, 0.25) is 0 Å². The first-order chi connectivity index (χ1) is 7.83. The lowest BCUT2D eigenvalue weighted by molar-refractivity contribution is 0.708. The van der Waals surface area contributed by atoms with Gasteiger partial charge < -0.3 is 0 Å². The summed E-state index contributed by atoms with van der Waals surface area (Å²) in [6.07, 6.45) is 3.71. The summed E-state index contributed by atoms with van der Waals surface area (Å²) in [6, 6.07) is 6.17. The van der Waals surface area contributed by atoms with Gasteiger partial charge in [0.2, 0.25) is 0 Å². The molecule has 0 aliphatic carbocycles. The lowest BCUT2D eigenvalue weighted by atomic mass is 10.2. The van der Waals surface area contributed by atoms with Crippen molar-refractivity contribution in [1.82, 2.24) is 14.8 Å². The summed E-state index contributed by atoms with van der Waals surface area (Å²) in [5.41, 5.74) is 1.13. The molecule has 0 aliphatic rings. The summed E-state index contributed by atoms with van der Waals surface area (Å²) in [6.45, 7) is 0.734. The zero-order valence-electron chi connectivity index (χ0n) is 8.30. The Labute approximate surface area is 105 Å². The Morgan fingerprint density at radius 2 is 2.31 bits per heavy atom. The van der Waals surface area contributed by atoms with Crippen LogP contribution in [0.15, 0.2) is 40.4 Å². The molecule has 0 spiro atoms. The van der Waals surface area contributed by atoms with Crippen LogP contribution in [0.4, 0.5) is 0 Å². The summed E-state index contributed by atoms with van der Waals surface area (Å²) in [7, 11) is 0. The number of hydrogen-bond donors (Lipinski definition) is 0. The monoisotopic (exact) mass is 293 g/mol. The maximum absolute atomic E-state index is 4.37. The summed E-state index contributed by atoms with van der Waals surface area (Å²) in [4.78, 5) is 4.27. The molecular formula is C11H8BrN3S. The molecule has 3 nitrogen and oxygen atoms in total. The second-order valence-corrected chi connectivity index (χ2v) is 5.33. The Morgan fingerprint density at radius 3 is 3.12 bits per heavy atom. The first-order valence-corrected chi connectivity index (χ1v) is 6.49. The van der Waals surface area contributed by atoms with Gasteiger partial charge in [0.1, 0.15) is 5.01 Å². The highest BCUT2D eigenvalue weighted by atomic mass is 79.9. The molecule has 2 aromatic heterocycles. The zero-order valence-corrected chi connectivity index (χ0v) is 10.7. The largest absolute Gasteiger partial charge is 0.258 e. The number of fused-ring (bicyclic) bond motifs is 1. The molecule has 0 amide bonds. The Balaban J connectivity index is 2.07. The molecule has 2 heterocycles. The molecule has 16 heavy (non-hydrogen) atoms. The van der Waals surface area contributed by atoms with E-state index < -0.39 is 0 Å². The molecule has 0 radical (unpaired) electrons. The fourth-order valence-electron chi connectivity index (χ4n) is 1.63. The molecule has 80 valence electrons. The van der Waals surface area contributed by atoms with E-state index in [1.54, 1.807) is 11.3 Å². The van der Waals surface area contributed by atoms with Crippen molar-refractivity contribution >= 4 is 38.2 Å². The SMILES string of the molecule is Brc1ccc2cnn(Cc3nccs3)c2c1. The molecule has 3 rings (SSSR count). The number of thiazole rings is 1. The highest BCUT2D eigenvalue weighted by Gasteiger charge is 2.04. The number of rotatable bonds is 2. The van der Waals surface area contributed by atoms with E-state index in [9.17, 15) is 0 Å². The Bertz CT molecular complexity index is 615. The van der Waals surface area contributed by atoms with Gasteiger partial charge in [-0.15, -0.1) is 11.3 Å². The van der Waals surface area contributed by atoms with Crippen LogP contribution >= 0.6 is 27.3 Å². The maximum Gasteiger partial charge on any atom is 0.114 e. The third-order valence-corrected chi connectivity index (χ3v) is 3.63. The van der Waals surface area contributed by atoms with Crippen LogP contribution in [0.5, 0.6) is 0 Å². The predicted octanol–water partition coefficient (Wildman–Crippen LogP) is 3.30. The third-order valence-electron chi connectivity index (χ3n) is 2.38. The number of aromatic nitrogens is 3. The fourth-order valence-corrected chi connectivity index (χ4v) is 2.58. The van der Waals surface area contributed by atoms with Crippen molar-refractivity contribution in [2.45, 2.75) is 6.54 Å². The van der Waals surface area contributed by atoms with Crippen LogP contribution in [0, 0.1) is 0 Å². The molecule has 0 fully saturated rings. The number of halogens is 1. The van der Waals surface area contributed by atoms with Crippen molar-refractivity contribution in [3.05, 3.63) is 45.5 Å². The fraction of sp³-hybridized carbons (Fsp3) is 0.0909. The predicted molar refractivity (Wildman–Crippen MR) is 68.6 cm³/mol. The van der Waals surface area contributed by atoms with Crippen LogP contribution < -0.4 is 0 Å². The topological polar surface area (TPSA) is 30.7 Å². The smallest absolute Gasteiger partial charge is 0.114 e. The van der Waals surface area contributed by atoms with Crippen molar-refractivity contribution in [2.75, 3.05) is 0 Å². The standard InChI is InChI=1S/C11H8BrN3S/c12-9-2-1-8-6-14-15(10(8)5-9)7-11-13-3-4-16-11/h1-6H,7H2. The van der Waals surface area contributed by atoms with E-state index in [0.717, 1.165) is 26.9 Å². The lowest BCUT2D eigenvalue weighted by Gasteiger charge is -2.00. The first kappa shape index (κ1) is 9.99. The van der Waals surface area contributed by atoms with E-state index in [4.69, 9.17) is 0 Å². The summed E-state index contributed by atoms with van der Waals surface area (Å²) in [5.74, 6) is 0. The van der Waals surface area contributed by atoms with Crippen molar-refractivity contribution in [2.24, 2.45) is 0 Å². The summed E-state index contributed by atoms with van der Waals surface area (Å²) < 4.78 is 3.04. The highest BCUT2D eigenvalue weighted by Crippen LogP contribution is 2.20. The van der Waals surface area contributed by atoms with E-state index in [0.29, 0.717) is 0 Å². The molecule has 0 saturated heterocycles. The van der Waals surface area contributed by atoms with Crippen molar-refractivity contribution < 1.29 is 0 Å². The van der Waals surface area contributed by atoms with Gasteiger partial charge in [0.25, 0.3) is 0 Å². The molecular weight excluding hydrogens is 286 g/mol. The van der Waals surface area contributed by atoms with Gasteiger partial charge >= 0.3 is 0 Å². The Kier molecular flexibility index (Phi) is 2.49. The molecule has 0 atom stereocenters. The van der Waals surface area contributed by atoms with Crippen LogP contribution in [0.1, 0.15) is 5.01 Å². The number of hydrogen-bond acceptors (Lipinski definition) is 3. The number of benzene rings is 1. The second kappa shape index (κ2) is 3.99. The van der Waals surface area contributed by atoms with Crippen molar-refractivity contribution in [3.63, 3.8) is 0 Å². The molecule has 0 saturated carbocycles. The van der Waals surface area contributed by atoms with Gasteiger partial charge in [-0.3, -0.25) is 4.68 Å². The second-order valence-electron chi connectivity index (χ2n) is 3.43. The zero-order chi connectivity index (χ0) is 11.0. The first-order valence-electron chi connectivity index (χ1n) is 4.82. The maximum atomic E-state index is 4.37. The van der Waals surface area contributed by atoms with Gasteiger partial charge in [-0.25, -0.2) is 4.98 Å². The van der Waals surface area contributed by atoms with E-state index in [1.165, 1.54) is 0 Å². The molecule has 3 aromatic rings. The van der Waals surface area contributed by atoms with Crippen LogP contribution in [-0.4, -0.2) is 14.8 Å². The average Bonchev–Trinajstić information content (AvgIpc) is 2.90. The normalized spacial score (nSPS) is 11.1. The Morgan fingerprint density at radius 1 is 1.38 bits per heavy atom. The minimum Gasteiger partial charge on any atom is -0.258 e.